The molecular weight excluding hydrogens is 1200 g/mol. The fourth-order valence-corrected chi connectivity index (χ4v) is 13.8. The number of aliphatic hydroxyl groups excluding tert-OH is 1. The second kappa shape index (κ2) is 43.1. The summed E-state index contributed by atoms with van der Waals surface area (Å²) in [7, 11) is -4.32. The number of rotatable bonds is 0. The van der Waals surface area contributed by atoms with Crippen molar-refractivity contribution in [2.24, 2.45) is 11.8 Å². The minimum atomic E-state index is -2.62. The lowest BCUT2D eigenvalue weighted by Crippen LogP contribution is -2.25. The summed E-state index contributed by atoms with van der Waals surface area (Å²) in [6.07, 6.45) is 14.2. The quantitative estimate of drug-likeness (QED) is 0.170. The van der Waals surface area contributed by atoms with E-state index < -0.39 is 67.3 Å². The van der Waals surface area contributed by atoms with Crippen LogP contribution in [0.15, 0.2) is 0 Å². The molecule has 4 amide bonds. The number of imide groups is 2. The van der Waals surface area contributed by atoms with E-state index in [1.807, 2.05) is 26.1 Å². The van der Waals surface area contributed by atoms with Gasteiger partial charge in [-0.15, -0.1) is 0 Å². The molecule has 12 fully saturated rings. The monoisotopic (exact) mass is 1310 g/mol. The molecule has 14 atom stereocenters. The van der Waals surface area contributed by atoms with Gasteiger partial charge in [0.05, 0.1) is 52.8 Å². The molecule has 12 rings (SSSR count). The van der Waals surface area contributed by atoms with Gasteiger partial charge in [-0.05, 0) is 157 Å². The van der Waals surface area contributed by atoms with Crippen LogP contribution in [-0.2, 0) is 92.3 Å². The van der Waals surface area contributed by atoms with Gasteiger partial charge in [-0.2, -0.15) is 11.8 Å². The second-order valence-electron chi connectivity index (χ2n) is 22.9. The molecule has 28 heteroatoms. The minimum absolute atomic E-state index is 0.0417. The maximum Gasteiger partial charge on any atom is 0.508 e. The molecule has 86 heavy (non-hydrogen) atoms. The van der Waals surface area contributed by atoms with Crippen LogP contribution in [0.25, 0.3) is 0 Å². The predicted octanol–water partition coefficient (Wildman–Crippen LogP) is 8.17. The Balaban J connectivity index is 0.000000470. The Hall–Kier alpha value is -3.67. The zero-order valence-corrected chi connectivity index (χ0v) is 56.5. The van der Waals surface area contributed by atoms with E-state index >= 15 is 0 Å². The number of hydrogen-bond acceptors (Lipinski definition) is 23. The first-order valence-corrected chi connectivity index (χ1v) is 36.2. The molecule has 12 heterocycles. The summed E-state index contributed by atoms with van der Waals surface area (Å²) in [5, 5.41) is 12.0. The molecule has 0 spiro atoms. The number of likely N-dealkylation sites (N-methyl/N-ethyl adjacent to an activating group) is 1. The number of carbonyl (C=O) groups is 7. The number of nitrogens with one attached hydrogen (secondary N) is 1. The van der Waals surface area contributed by atoms with Gasteiger partial charge in [0.1, 0.15) is 12.7 Å². The number of ether oxygens (including phenoxy) is 9. The highest BCUT2D eigenvalue weighted by atomic mass is 32.2. The lowest BCUT2D eigenvalue weighted by atomic mass is 10.2. The fourth-order valence-electron chi connectivity index (χ4n) is 8.43. The number of aliphatic hydroxyl groups is 1. The zero-order valence-electron chi connectivity index (χ0n) is 53.3. The molecule has 0 aromatic carbocycles. The molecule has 12 saturated heterocycles. The van der Waals surface area contributed by atoms with Gasteiger partial charge in [-0.1, -0.05) is 27.7 Å². The summed E-state index contributed by atoms with van der Waals surface area (Å²) in [5.74, 6) is 3.41. The van der Waals surface area contributed by atoms with Crippen LogP contribution in [0.4, 0.5) is 14.4 Å². The molecule has 2 N–H and O–H groups in total. The number of cyclic esters (lactones) is 6. The van der Waals surface area contributed by atoms with E-state index in [9.17, 15) is 54.6 Å². The van der Waals surface area contributed by atoms with Crippen molar-refractivity contribution in [2.75, 3.05) is 63.1 Å². The molecule has 0 aliphatic carbocycles. The van der Waals surface area contributed by atoms with E-state index in [2.05, 4.69) is 63.1 Å². The van der Waals surface area contributed by atoms with Crippen molar-refractivity contribution in [2.45, 2.75) is 250 Å². The number of sulfone groups is 2. The molecule has 0 aromatic rings. The minimum Gasteiger partial charge on any atom is -0.465 e. The normalized spacial score (nSPS) is 33.3. The Kier molecular flexibility index (Phi) is 40.3. The first-order chi connectivity index (χ1) is 40.2. The Morgan fingerprint density at radius 2 is 1.23 bits per heavy atom. The molecule has 0 saturated carbocycles. The number of amides is 4. The van der Waals surface area contributed by atoms with Gasteiger partial charge in [0.25, 0.3) is 11.8 Å². The lowest BCUT2D eigenvalue weighted by molar-refractivity contribution is -0.141. The number of esters is 2. The van der Waals surface area contributed by atoms with Gasteiger partial charge in [-0.3, -0.25) is 28.7 Å². The number of nitrogens with zero attached hydrogens (tertiary/aromatic N) is 1. The van der Waals surface area contributed by atoms with Gasteiger partial charge in [0.2, 0.25) is 0 Å². The van der Waals surface area contributed by atoms with Gasteiger partial charge in [0, 0.05) is 66.8 Å². The third-order valence-electron chi connectivity index (χ3n) is 14.5. The number of alkyl carbamates (subject to hydrolysis) is 1. The molecule has 0 aromatic heterocycles. The molecule has 12 aliphatic heterocycles. The number of thioether (sulfide) groups is 1. The van der Waals surface area contributed by atoms with Crippen LogP contribution >= 0.6 is 11.8 Å². The van der Waals surface area contributed by atoms with E-state index in [0.717, 1.165) is 93.0 Å². The summed E-state index contributed by atoms with van der Waals surface area (Å²) in [6.45, 7) is 26.8. The Labute approximate surface area is 519 Å². The molecule has 502 valence electrons. The third kappa shape index (κ3) is 36.1. The molecular formula is C58H104N2O22S4. The van der Waals surface area contributed by atoms with Crippen LogP contribution in [0.5, 0.6) is 0 Å². The maximum absolute atomic E-state index is 10.8. The zero-order chi connectivity index (χ0) is 65.2. The van der Waals surface area contributed by atoms with Crippen LogP contribution in [-0.4, -0.2) is 200 Å². The van der Waals surface area contributed by atoms with Gasteiger partial charge in [-0.25, -0.2) is 36.1 Å². The topological polar surface area (TPSA) is 323 Å². The van der Waals surface area contributed by atoms with Crippen molar-refractivity contribution in [3.8, 4) is 0 Å². The molecule has 0 bridgehead atoms. The van der Waals surface area contributed by atoms with Crippen molar-refractivity contribution < 1.29 is 102 Å². The standard InChI is InChI=1S/C5H7NO3.2C5H10O2S.C5H8O2.C5H10O2.C5H8O2.C5H10OS.2C5H10O.C5H10S.C4H5NO3.C4H6O3/c1-3-4(7)6(2)5(8)9-3;2*1-5-3-2-4-8(5,6)7;1-4-2-3-7-5(4)6;2*1-4-2-3-5(6)7-4;1-5-3-2-4-7(5)6;1-5-2-3-6-4-5;2*1-5-3-2-4-6-5;1-2-3(6)5-4(7)8-2;1-3-2-6-4(5)7-3/h3H,1-2H3;2*5H,2-4H2,1H3;4H,2-3H2,1H3;4-6H,2-3H2,1H3;4H,2-3H2,1H3;5H,2-4H2,1H3;3*5H,2-4H2,1H3;2H,1H3,(H,5,6,7);3H,2H2,1H3. The summed E-state index contributed by atoms with van der Waals surface area (Å²) in [6, 6.07) is 0. The summed E-state index contributed by atoms with van der Waals surface area (Å²) < 4.78 is 96.0. The number of hydrogen-bond donors (Lipinski definition) is 2. The van der Waals surface area contributed by atoms with Crippen molar-refractivity contribution in [1.29, 1.82) is 0 Å². The van der Waals surface area contributed by atoms with Crippen LogP contribution in [0.3, 0.4) is 0 Å². The van der Waals surface area contributed by atoms with Crippen LogP contribution in [0.2, 0.25) is 0 Å². The third-order valence-corrected chi connectivity index (χ3v) is 22.3. The highest BCUT2D eigenvalue weighted by molar-refractivity contribution is 8.00. The average Bonchev–Trinajstić information content (AvgIpc) is 4.46. The van der Waals surface area contributed by atoms with E-state index in [-0.39, 0.29) is 58.5 Å². The van der Waals surface area contributed by atoms with Crippen molar-refractivity contribution in [3.63, 3.8) is 0 Å². The molecule has 12 aliphatic rings. The molecule has 24 nitrogen and oxygen atoms in total. The van der Waals surface area contributed by atoms with E-state index in [4.69, 9.17) is 24.1 Å². The molecule has 0 radical (unpaired) electrons. The van der Waals surface area contributed by atoms with Gasteiger partial charge >= 0.3 is 30.3 Å². The Bertz CT molecular complexity index is 2140. The summed E-state index contributed by atoms with van der Waals surface area (Å²) in [4.78, 5) is 73.2. The summed E-state index contributed by atoms with van der Waals surface area (Å²) >= 11 is 2.10. The first kappa shape index (κ1) is 80.3. The van der Waals surface area contributed by atoms with E-state index in [1.165, 1.54) is 64.7 Å². The average molecular weight is 1310 g/mol. The highest BCUT2D eigenvalue weighted by Gasteiger charge is 2.34. The van der Waals surface area contributed by atoms with Crippen LogP contribution < -0.4 is 5.32 Å². The van der Waals surface area contributed by atoms with E-state index in [0.29, 0.717) is 42.5 Å². The number of carbonyl (C=O) groups excluding carboxylic acids is 7. The largest absolute Gasteiger partial charge is 0.508 e. The van der Waals surface area contributed by atoms with Crippen molar-refractivity contribution in [1.82, 2.24) is 10.2 Å². The maximum atomic E-state index is 10.8. The predicted molar refractivity (Wildman–Crippen MR) is 327 cm³/mol. The van der Waals surface area contributed by atoms with Crippen LogP contribution in [0, 0.1) is 11.8 Å². The van der Waals surface area contributed by atoms with Gasteiger partial charge < -0.3 is 47.7 Å². The first-order valence-electron chi connectivity index (χ1n) is 30.4. The van der Waals surface area contributed by atoms with E-state index in [1.54, 1.807) is 27.7 Å². The highest BCUT2D eigenvalue weighted by Crippen LogP contribution is 2.25. The summed E-state index contributed by atoms with van der Waals surface area (Å²) in [5.41, 5.74) is 0. The Morgan fingerprint density at radius 3 is 1.36 bits per heavy atom. The van der Waals surface area contributed by atoms with Crippen molar-refractivity contribution >= 4 is 84.3 Å². The fraction of sp³-hybridized carbons (Fsp3) is 0.879. The van der Waals surface area contributed by atoms with Gasteiger partial charge in [0.15, 0.2) is 38.2 Å². The second-order valence-corrected chi connectivity index (χ2v) is 31.5. The smallest absolute Gasteiger partial charge is 0.465 e. The van der Waals surface area contributed by atoms with Crippen LogP contribution in [0.1, 0.15) is 186 Å². The van der Waals surface area contributed by atoms with Crippen molar-refractivity contribution in [3.05, 3.63) is 0 Å². The lowest BCUT2D eigenvalue weighted by Gasteiger charge is -2.00. The Morgan fingerprint density at radius 1 is 0.593 bits per heavy atom. The molecule has 14 unspecified atom stereocenters. The SMILES string of the molecule is CC1CCC(=O)O1.CC1CCC(O)O1.CC1CCCO1.CC1CCCS1.CC1CCCS1(=O)=O.CC1CCCS1(=O)=O.CC1CCCS1=O.CC1CCOC1.CC1CCOC1=O.CC1COC(=O)O1.CC1OC(=O)N(C)C1=O.CC1OC(=O)NC1=O.